The Hall–Kier alpha value is -1.58. The maximum Gasteiger partial charge on any atom is 0.129 e. The molecule has 1 heterocycles. The first-order chi connectivity index (χ1) is 8.12. The van der Waals surface area contributed by atoms with Gasteiger partial charge in [-0.15, -0.1) is 0 Å². The van der Waals surface area contributed by atoms with Crippen LogP contribution in [0.15, 0.2) is 12.1 Å². The average Bonchev–Trinajstić information content (AvgIpc) is 2.24. The second kappa shape index (κ2) is 4.96. The Morgan fingerprint density at radius 1 is 1.39 bits per heavy atom. The van der Waals surface area contributed by atoms with Crippen molar-refractivity contribution in [2.24, 2.45) is 11.1 Å². The molecule has 0 saturated carbocycles. The van der Waals surface area contributed by atoms with Gasteiger partial charge in [-0.05, 0) is 31.4 Å². The Bertz CT molecular complexity index is 446. The van der Waals surface area contributed by atoms with Gasteiger partial charge in [-0.2, -0.15) is 0 Å². The standard InChI is InChI=1S/C14H24N4/c1-9-7-11(13(15)16)8-12(17-9)18(6)10(2)14(3,4)5/h7-8,10H,1-6H3,(H3,15,16). The average molecular weight is 248 g/mol. The van der Waals surface area contributed by atoms with Crippen LogP contribution in [-0.2, 0) is 0 Å². The molecule has 0 saturated heterocycles. The molecule has 0 spiro atoms. The summed E-state index contributed by atoms with van der Waals surface area (Å²) in [4.78, 5) is 6.66. The number of aryl methyl sites for hydroxylation is 1. The van der Waals surface area contributed by atoms with Crippen LogP contribution in [0.2, 0.25) is 0 Å². The van der Waals surface area contributed by atoms with Gasteiger partial charge in [0.2, 0.25) is 0 Å². The largest absolute Gasteiger partial charge is 0.384 e. The van der Waals surface area contributed by atoms with E-state index in [2.05, 4.69) is 37.6 Å². The zero-order chi connectivity index (χ0) is 14.1. The van der Waals surface area contributed by atoms with Gasteiger partial charge in [0.25, 0.3) is 0 Å². The van der Waals surface area contributed by atoms with E-state index in [0.29, 0.717) is 6.04 Å². The molecule has 1 rings (SSSR count). The topological polar surface area (TPSA) is 66.0 Å². The highest BCUT2D eigenvalue weighted by molar-refractivity contribution is 5.95. The monoisotopic (exact) mass is 248 g/mol. The Balaban J connectivity index is 3.13. The third kappa shape index (κ3) is 3.22. The molecule has 0 radical (unpaired) electrons. The third-order valence-electron chi connectivity index (χ3n) is 3.45. The summed E-state index contributed by atoms with van der Waals surface area (Å²) in [6.07, 6.45) is 0. The molecule has 0 fully saturated rings. The van der Waals surface area contributed by atoms with Gasteiger partial charge in [-0.3, -0.25) is 5.41 Å². The lowest BCUT2D eigenvalue weighted by atomic mass is 9.87. The normalized spacial score (nSPS) is 13.2. The summed E-state index contributed by atoms with van der Waals surface area (Å²) in [6, 6.07) is 4.05. The fourth-order valence-corrected chi connectivity index (χ4v) is 1.77. The third-order valence-corrected chi connectivity index (χ3v) is 3.45. The molecule has 0 aliphatic heterocycles. The molecule has 4 heteroatoms. The van der Waals surface area contributed by atoms with E-state index in [1.165, 1.54) is 0 Å². The van der Waals surface area contributed by atoms with Gasteiger partial charge in [0.1, 0.15) is 11.7 Å². The van der Waals surface area contributed by atoms with Gasteiger partial charge in [0, 0.05) is 24.3 Å². The summed E-state index contributed by atoms with van der Waals surface area (Å²) in [5, 5.41) is 7.53. The summed E-state index contributed by atoms with van der Waals surface area (Å²) >= 11 is 0. The number of hydrogen-bond donors (Lipinski definition) is 2. The minimum absolute atomic E-state index is 0.0820. The van der Waals surface area contributed by atoms with Crippen LogP contribution in [0.4, 0.5) is 5.82 Å². The lowest BCUT2D eigenvalue weighted by Gasteiger charge is -2.36. The fraction of sp³-hybridized carbons (Fsp3) is 0.571. The van der Waals surface area contributed by atoms with E-state index in [-0.39, 0.29) is 11.3 Å². The molecule has 1 aromatic rings. The summed E-state index contributed by atoms with van der Waals surface area (Å²) in [6.45, 7) is 10.7. The minimum Gasteiger partial charge on any atom is -0.384 e. The SMILES string of the molecule is Cc1cc(C(=N)N)cc(N(C)C(C)C(C)(C)C)n1. The van der Waals surface area contributed by atoms with Crippen LogP contribution in [0.25, 0.3) is 0 Å². The second-order valence-electron chi connectivity index (χ2n) is 5.92. The predicted molar refractivity (Wildman–Crippen MR) is 77.3 cm³/mol. The van der Waals surface area contributed by atoms with Crippen molar-refractivity contribution in [2.45, 2.75) is 40.7 Å². The molecule has 1 aromatic heterocycles. The molecule has 1 unspecified atom stereocenters. The molecule has 0 bridgehead atoms. The molecule has 0 aromatic carbocycles. The van der Waals surface area contributed by atoms with E-state index < -0.39 is 0 Å². The molecule has 0 aliphatic carbocycles. The van der Waals surface area contributed by atoms with Crippen molar-refractivity contribution in [3.05, 3.63) is 23.4 Å². The van der Waals surface area contributed by atoms with Crippen LogP contribution in [0.5, 0.6) is 0 Å². The van der Waals surface area contributed by atoms with E-state index in [4.69, 9.17) is 11.1 Å². The number of hydrogen-bond acceptors (Lipinski definition) is 3. The zero-order valence-electron chi connectivity index (χ0n) is 12.2. The predicted octanol–water partition coefficient (Wildman–Crippen LogP) is 2.54. The lowest BCUT2D eigenvalue weighted by Crippen LogP contribution is -2.40. The van der Waals surface area contributed by atoms with Gasteiger partial charge < -0.3 is 10.6 Å². The van der Waals surface area contributed by atoms with Gasteiger partial charge in [0.05, 0.1) is 0 Å². The molecule has 0 amide bonds. The number of pyridine rings is 1. The van der Waals surface area contributed by atoms with E-state index in [1.807, 2.05) is 26.1 Å². The highest BCUT2D eigenvalue weighted by Crippen LogP contribution is 2.26. The number of nitrogens with zero attached hydrogens (tertiary/aromatic N) is 2. The lowest BCUT2D eigenvalue weighted by molar-refractivity contribution is 0.328. The number of nitrogens with one attached hydrogen (secondary N) is 1. The van der Waals surface area contributed by atoms with Gasteiger partial charge >= 0.3 is 0 Å². The van der Waals surface area contributed by atoms with E-state index in [9.17, 15) is 0 Å². The van der Waals surface area contributed by atoms with Crippen LogP contribution in [0.3, 0.4) is 0 Å². The Morgan fingerprint density at radius 3 is 2.39 bits per heavy atom. The molecule has 100 valence electrons. The number of rotatable bonds is 3. The van der Waals surface area contributed by atoms with E-state index >= 15 is 0 Å². The molecule has 18 heavy (non-hydrogen) atoms. The number of nitrogens with two attached hydrogens (primary N) is 1. The quantitative estimate of drug-likeness (QED) is 0.638. The van der Waals surface area contributed by atoms with Crippen molar-refractivity contribution < 1.29 is 0 Å². The smallest absolute Gasteiger partial charge is 0.129 e. The van der Waals surface area contributed by atoms with Gasteiger partial charge in [-0.25, -0.2) is 4.98 Å². The summed E-state index contributed by atoms with van der Waals surface area (Å²) < 4.78 is 0. The van der Waals surface area contributed by atoms with Crippen molar-refractivity contribution in [1.29, 1.82) is 5.41 Å². The van der Waals surface area contributed by atoms with Crippen molar-refractivity contribution >= 4 is 11.7 Å². The second-order valence-corrected chi connectivity index (χ2v) is 5.92. The van der Waals surface area contributed by atoms with Crippen molar-refractivity contribution in [2.75, 3.05) is 11.9 Å². The first-order valence-electron chi connectivity index (χ1n) is 6.19. The Labute approximate surface area is 110 Å². The van der Waals surface area contributed by atoms with Gasteiger partial charge in [0.15, 0.2) is 0 Å². The number of amidine groups is 1. The number of aromatic nitrogens is 1. The van der Waals surface area contributed by atoms with Crippen molar-refractivity contribution in [1.82, 2.24) is 4.98 Å². The zero-order valence-corrected chi connectivity index (χ0v) is 12.2. The van der Waals surface area contributed by atoms with Crippen molar-refractivity contribution in [3.63, 3.8) is 0 Å². The molecule has 0 aliphatic rings. The minimum atomic E-state index is 0.0820. The van der Waals surface area contributed by atoms with Crippen LogP contribution < -0.4 is 10.6 Å². The first-order valence-corrected chi connectivity index (χ1v) is 6.19. The molecule has 4 nitrogen and oxygen atoms in total. The van der Waals surface area contributed by atoms with Crippen LogP contribution in [0.1, 0.15) is 39.0 Å². The number of anilines is 1. The van der Waals surface area contributed by atoms with Crippen LogP contribution >= 0.6 is 0 Å². The number of nitrogen functional groups attached to an aromatic ring is 1. The summed E-state index contributed by atoms with van der Waals surface area (Å²) in [5.74, 6) is 0.946. The van der Waals surface area contributed by atoms with E-state index in [0.717, 1.165) is 17.1 Å². The maximum atomic E-state index is 7.53. The summed E-state index contributed by atoms with van der Waals surface area (Å²) in [5.41, 5.74) is 7.32. The van der Waals surface area contributed by atoms with Crippen molar-refractivity contribution in [3.8, 4) is 0 Å². The van der Waals surface area contributed by atoms with E-state index in [1.54, 1.807) is 0 Å². The molecular formula is C14H24N4. The Kier molecular flexibility index (Phi) is 3.99. The molecule has 1 atom stereocenters. The van der Waals surface area contributed by atoms with Gasteiger partial charge in [-0.1, -0.05) is 20.8 Å². The maximum absolute atomic E-state index is 7.53. The highest BCUT2D eigenvalue weighted by atomic mass is 15.2. The molecular weight excluding hydrogens is 224 g/mol. The first kappa shape index (κ1) is 14.5. The van der Waals surface area contributed by atoms with Crippen LogP contribution in [0, 0.1) is 17.7 Å². The Morgan fingerprint density at radius 2 is 1.94 bits per heavy atom. The fourth-order valence-electron chi connectivity index (χ4n) is 1.77. The highest BCUT2D eigenvalue weighted by Gasteiger charge is 2.25. The summed E-state index contributed by atoms with van der Waals surface area (Å²) in [7, 11) is 2.03. The van der Waals surface area contributed by atoms with Crippen LogP contribution in [-0.4, -0.2) is 23.9 Å². The molecule has 3 N–H and O–H groups in total.